The molecule has 0 aliphatic heterocycles. The van der Waals surface area contributed by atoms with Crippen molar-refractivity contribution in [2.24, 2.45) is 5.11 Å². The van der Waals surface area contributed by atoms with Gasteiger partial charge in [-0.3, -0.25) is 4.79 Å². The van der Waals surface area contributed by atoms with Gasteiger partial charge in [0, 0.05) is 27.4 Å². The van der Waals surface area contributed by atoms with Gasteiger partial charge in [0.15, 0.2) is 17.5 Å². The number of aromatic amines is 1. The lowest BCUT2D eigenvalue weighted by Gasteiger charge is -2.02. The van der Waals surface area contributed by atoms with Gasteiger partial charge in [0.05, 0.1) is 5.56 Å². The summed E-state index contributed by atoms with van der Waals surface area (Å²) in [6.07, 6.45) is 2.36. The van der Waals surface area contributed by atoms with E-state index >= 15 is 0 Å². The molecule has 0 aliphatic rings. The number of aliphatic hydroxyl groups is 1. The molecule has 0 fully saturated rings. The summed E-state index contributed by atoms with van der Waals surface area (Å²) in [6, 6.07) is 7.48. The first kappa shape index (κ1) is 15.6. The summed E-state index contributed by atoms with van der Waals surface area (Å²) in [5.41, 5.74) is 9.91. The molecule has 2 heterocycles. The monoisotopic (exact) mass is 341 g/mol. The van der Waals surface area contributed by atoms with Crippen LogP contribution in [0.3, 0.4) is 0 Å². The zero-order valence-electron chi connectivity index (χ0n) is 12.2. The summed E-state index contributed by atoms with van der Waals surface area (Å²) in [7, 11) is 0. The van der Waals surface area contributed by atoms with Crippen molar-refractivity contribution >= 4 is 33.8 Å². The van der Waals surface area contributed by atoms with Crippen molar-refractivity contribution in [1.29, 1.82) is 0 Å². The highest BCUT2D eigenvalue weighted by molar-refractivity contribution is 7.12. The summed E-state index contributed by atoms with van der Waals surface area (Å²) in [5.74, 6) is -0.201. The number of hydrogen-bond donors (Lipinski definition) is 2. The van der Waals surface area contributed by atoms with Crippen LogP contribution in [0.5, 0.6) is 0 Å². The van der Waals surface area contributed by atoms with Crippen LogP contribution in [0.2, 0.25) is 0 Å². The number of ether oxygens (including phenoxy) is 1. The largest absolute Gasteiger partial charge is 0.512 e. The highest BCUT2D eigenvalue weighted by Crippen LogP contribution is 2.24. The minimum atomic E-state index is -0.286. The molecule has 0 amide bonds. The molecule has 0 atom stereocenters. The summed E-state index contributed by atoms with van der Waals surface area (Å²) in [6.45, 7) is -0.286. The Bertz CT molecular complexity index is 968. The van der Waals surface area contributed by atoms with E-state index in [4.69, 9.17) is 10.3 Å². The predicted octanol–water partition coefficient (Wildman–Crippen LogP) is 4.00. The number of para-hydroxylation sites is 1. The number of carbonyl (C=O) groups excluding carboxylic acids is 1. The summed E-state index contributed by atoms with van der Waals surface area (Å²) in [5, 5.41) is 15.1. The smallest absolute Gasteiger partial charge is 0.223 e. The number of aromatic nitrogens is 2. The van der Waals surface area contributed by atoms with Crippen LogP contribution in [-0.4, -0.2) is 27.6 Å². The number of H-pyrrole nitrogens is 1. The number of azide groups is 1. The topological polar surface area (TPSA) is 124 Å². The third-order valence-electron chi connectivity index (χ3n) is 3.24. The molecule has 0 bridgehead atoms. The molecule has 1 aromatic carbocycles. The van der Waals surface area contributed by atoms with Crippen LogP contribution >= 0.6 is 11.3 Å². The first-order chi connectivity index (χ1) is 11.7. The molecule has 3 rings (SSSR count). The normalized spacial score (nSPS) is 11.2. The lowest BCUT2D eigenvalue weighted by molar-refractivity contribution is 0.104. The van der Waals surface area contributed by atoms with Crippen molar-refractivity contribution in [2.45, 2.75) is 0 Å². The number of fused-ring (bicyclic) bond motifs is 1. The van der Waals surface area contributed by atoms with Crippen LogP contribution in [0, 0.1) is 0 Å². The third-order valence-corrected chi connectivity index (χ3v) is 4.08. The lowest BCUT2D eigenvalue weighted by atomic mass is 10.1. The van der Waals surface area contributed by atoms with E-state index in [1.54, 1.807) is 11.6 Å². The number of nitrogens with zero attached hydrogens (tertiary/aromatic N) is 4. The Morgan fingerprint density at radius 3 is 3.12 bits per heavy atom. The summed E-state index contributed by atoms with van der Waals surface area (Å²) < 4.78 is 5.09. The molecule has 24 heavy (non-hydrogen) atoms. The second kappa shape index (κ2) is 6.86. The van der Waals surface area contributed by atoms with Crippen LogP contribution in [0.4, 0.5) is 0 Å². The minimum absolute atomic E-state index is 0.0247. The Labute approximate surface area is 139 Å². The lowest BCUT2D eigenvalue weighted by Crippen LogP contribution is -2.01. The Balaban J connectivity index is 1.87. The zero-order chi connectivity index (χ0) is 16.9. The van der Waals surface area contributed by atoms with Gasteiger partial charge in [-0.15, -0.1) is 11.3 Å². The average Bonchev–Trinajstić information content (AvgIpc) is 3.25. The van der Waals surface area contributed by atoms with Gasteiger partial charge in [-0.2, -0.15) is 0 Å². The first-order valence-electron chi connectivity index (χ1n) is 6.79. The number of benzene rings is 1. The molecule has 9 heteroatoms. The molecule has 0 aliphatic carbocycles. The number of ketones is 1. The number of hydrogen-bond acceptors (Lipinski definition) is 6. The van der Waals surface area contributed by atoms with Gasteiger partial charge < -0.3 is 14.8 Å². The van der Waals surface area contributed by atoms with Crippen LogP contribution in [0.1, 0.15) is 21.1 Å². The molecule has 3 aromatic rings. The van der Waals surface area contributed by atoms with Crippen LogP contribution in [0.15, 0.2) is 47.2 Å². The van der Waals surface area contributed by atoms with Gasteiger partial charge in [0.1, 0.15) is 12.0 Å². The fourth-order valence-electron chi connectivity index (χ4n) is 2.17. The second-order valence-corrected chi connectivity index (χ2v) is 5.47. The van der Waals surface area contributed by atoms with Crippen molar-refractivity contribution in [3.05, 3.63) is 68.8 Å². The number of thiazole rings is 1. The maximum Gasteiger partial charge on any atom is 0.223 e. The predicted molar refractivity (Wildman–Crippen MR) is 89.5 cm³/mol. The van der Waals surface area contributed by atoms with E-state index < -0.39 is 0 Å². The molecule has 2 aromatic heterocycles. The SMILES string of the molecule is [N-]=[N+]=NCO/C(=C\O)c1csc(C(=O)c2c[nH]c3ccccc23)n1. The van der Waals surface area contributed by atoms with Crippen LogP contribution in [0.25, 0.3) is 27.1 Å². The molecule has 120 valence electrons. The van der Waals surface area contributed by atoms with E-state index in [-0.39, 0.29) is 23.3 Å². The van der Waals surface area contributed by atoms with Crippen LogP contribution in [-0.2, 0) is 4.74 Å². The molecular weight excluding hydrogens is 330 g/mol. The molecule has 2 N–H and O–H groups in total. The zero-order valence-corrected chi connectivity index (χ0v) is 13.0. The van der Waals surface area contributed by atoms with Crippen molar-refractivity contribution in [3.8, 4) is 0 Å². The van der Waals surface area contributed by atoms with E-state index in [1.165, 1.54) is 0 Å². The molecule has 0 saturated carbocycles. The maximum absolute atomic E-state index is 12.6. The number of rotatable bonds is 6. The number of aliphatic hydroxyl groups excluding tert-OH is 1. The summed E-state index contributed by atoms with van der Waals surface area (Å²) in [4.78, 5) is 22.4. The van der Waals surface area contributed by atoms with E-state index in [1.807, 2.05) is 24.3 Å². The standard InChI is InChI=1S/C15H11N5O3S/c16-20-18-8-23-13(6-21)12-7-24-15(19-12)14(22)10-5-17-11-4-2-1-3-9(10)11/h1-7,17,21H,8H2/b13-6-. The highest BCUT2D eigenvalue weighted by Gasteiger charge is 2.19. The van der Waals surface area contributed by atoms with Crippen molar-refractivity contribution in [2.75, 3.05) is 6.73 Å². The summed E-state index contributed by atoms with van der Waals surface area (Å²) >= 11 is 1.14. The second-order valence-electron chi connectivity index (χ2n) is 4.61. The molecule has 0 saturated heterocycles. The molecule has 0 radical (unpaired) electrons. The van der Waals surface area contributed by atoms with Crippen molar-refractivity contribution in [3.63, 3.8) is 0 Å². The van der Waals surface area contributed by atoms with Gasteiger partial charge in [0.2, 0.25) is 5.78 Å². The molecule has 0 spiro atoms. The fraction of sp³-hybridized carbons (Fsp3) is 0.0667. The van der Waals surface area contributed by atoms with E-state index in [0.29, 0.717) is 17.5 Å². The third kappa shape index (κ3) is 2.94. The fourth-order valence-corrected chi connectivity index (χ4v) is 2.93. The van der Waals surface area contributed by atoms with Gasteiger partial charge in [-0.1, -0.05) is 23.3 Å². The maximum atomic E-state index is 12.6. The van der Waals surface area contributed by atoms with E-state index in [9.17, 15) is 9.90 Å². The number of carbonyl (C=O) groups is 1. The van der Waals surface area contributed by atoms with Gasteiger partial charge in [0.25, 0.3) is 0 Å². The van der Waals surface area contributed by atoms with E-state index in [0.717, 1.165) is 22.2 Å². The van der Waals surface area contributed by atoms with Gasteiger partial charge in [-0.05, 0) is 11.6 Å². The Morgan fingerprint density at radius 1 is 1.50 bits per heavy atom. The Hall–Kier alpha value is -3.29. The quantitative estimate of drug-likeness (QED) is 0.231. The van der Waals surface area contributed by atoms with Crippen LogP contribution < -0.4 is 0 Å². The van der Waals surface area contributed by atoms with E-state index in [2.05, 4.69) is 20.0 Å². The molecular formula is C15H11N5O3S. The van der Waals surface area contributed by atoms with Gasteiger partial charge in [-0.25, -0.2) is 4.98 Å². The average molecular weight is 341 g/mol. The number of nitrogens with one attached hydrogen (secondary N) is 1. The minimum Gasteiger partial charge on any atom is -0.512 e. The Morgan fingerprint density at radius 2 is 2.33 bits per heavy atom. The Kier molecular flexibility index (Phi) is 4.46. The molecule has 0 unspecified atom stereocenters. The molecule has 8 nitrogen and oxygen atoms in total. The van der Waals surface area contributed by atoms with Crippen molar-refractivity contribution < 1.29 is 14.6 Å². The van der Waals surface area contributed by atoms with Crippen molar-refractivity contribution in [1.82, 2.24) is 9.97 Å². The van der Waals surface area contributed by atoms with Gasteiger partial charge >= 0.3 is 0 Å². The first-order valence-corrected chi connectivity index (χ1v) is 7.67. The highest BCUT2D eigenvalue weighted by atomic mass is 32.1.